The zero-order valence-corrected chi connectivity index (χ0v) is 19.5. The van der Waals surface area contributed by atoms with Gasteiger partial charge in [-0.1, -0.05) is 30.0 Å². The van der Waals surface area contributed by atoms with Crippen LogP contribution < -0.4 is 0 Å². The van der Waals surface area contributed by atoms with Gasteiger partial charge in [0, 0.05) is 44.5 Å². The molecule has 31 heavy (non-hydrogen) atoms. The van der Waals surface area contributed by atoms with Crippen molar-refractivity contribution in [3.8, 4) is 11.8 Å². The summed E-state index contributed by atoms with van der Waals surface area (Å²) in [5.41, 5.74) is 3.41. The number of carbonyl (C=O) groups excluding carboxylic acids is 1. The summed E-state index contributed by atoms with van der Waals surface area (Å²) in [5, 5.41) is 8.78. The number of unbranched alkanes of at least 4 members (excludes halogenated alkanes) is 2. The molecule has 0 radical (unpaired) electrons. The van der Waals surface area contributed by atoms with E-state index in [1.807, 2.05) is 12.1 Å². The van der Waals surface area contributed by atoms with Crippen LogP contribution in [0.4, 0.5) is 0 Å². The molecular formula is C24H33NO5S. The van der Waals surface area contributed by atoms with Gasteiger partial charge >= 0.3 is 5.97 Å². The minimum absolute atomic E-state index is 0.202. The van der Waals surface area contributed by atoms with Gasteiger partial charge in [-0.3, -0.25) is 9.69 Å². The number of aliphatic hydroxyl groups excluding tert-OH is 1. The van der Waals surface area contributed by atoms with E-state index in [9.17, 15) is 13.2 Å². The van der Waals surface area contributed by atoms with E-state index in [2.05, 4.69) is 34.9 Å². The van der Waals surface area contributed by atoms with Crippen molar-refractivity contribution in [1.82, 2.24) is 4.90 Å². The Morgan fingerprint density at radius 1 is 1.26 bits per heavy atom. The van der Waals surface area contributed by atoms with E-state index in [1.165, 1.54) is 25.2 Å². The first-order valence-corrected chi connectivity index (χ1v) is 12.5. The Hall–Kier alpha value is -2.14. The van der Waals surface area contributed by atoms with Crippen molar-refractivity contribution in [1.29, 1.82) is 0 Å². The molecule has 1 N–H and O–H groups in total. The fourth-order valence-electron chi connectivity index (χ4n) is 3.46. The largest absolute Gasteiger partial charge is 0.468 e. The predicted octanol–water partition coefficient (Wildman–Crippen LogP) is 2.66. The van der Waals surface area contributed by atoms with Crippen LogP contribution in [0, 0.1) is 11.8 Å². The molecule has 1 aromatic rings. The number of ether oxygens (including phenoxy) is 1. The lowest BCUT2D eigenvalue weighted by molar-refractivity contribution is -0.143. The molecule has 6 nitrogen and oxygen atoms in total. The molecule has 0 amide bonds. The van der Waals surface area contributed by atoms with Gasteiger partial charge in [0.05, 0.1) is 7.11 Å². The Morgan fingerprint density at radius 3 is 2.52 bits per heavy atom. The van der Waals surface area contributed by atoms with Gasteiger partial charge in [0.25, 0.3) is 0 Å². The van der Waals surface area contributed by atoms with Gasteiger partial charge in [0.15, 0.2) is 14.6 Å². The number of carbonyl (C=O) groups is 1. The van der Waals surface area contributed by atoms with Crippen LogP contribution in [0.3, 0.4) is 0 Å². The van der Waals surface area contributed by atoms with E-state index in [1.54, 1.807) is 0 Å². The first-order valence-electron chi connectivity index (χ1n) is 10.6. The number of benzene rings is 1. The van der Waals surface area contributed by atoms with E-state index in [0.29, 0.717) is 13.1 Å². The van der Waals surface area contributed by atoms with E-state index >= 15 is 0 Å². The Bertz CT molecular complexity index is 940. The van der Waals surface area contributed by atoms with E-state index in [4.69, 9.17) is 9.84 Å². The molecule has 1 heterocycles. The highest BCUT2D eigenvalue weighted by molar-refractivity contribution is 7.92. The fourth-order valence-corrected chi connectivity index (χ4v) is 4.31. The summed E-state index contributed by atoms with van der Waals surface area (Å²) < 4.78 is 27.5. The number of rotatable bonds is 9. The molecule has 0 saturated heterocycles. The van der Waals surface area contributed by atoms with Crippen LogP contribution in [-0.4, -0.2) is 68.7 Å². The van der Waals surface area contributed by atoms with Crippen molar-refractivity contribution in [3.63, 3.8) is 0 Å². The molecule has 1 unspecified atom stereocenters. The van der Waals surface area contributed by atoms with Crippen LogP contribution in [0.25, 0.3) is 5.57 Å². The first kappa shape index (κ1) is 25.1. The highest BCUT2D eigenvalue weighted by Gasteiger charge is 2.44. The van der Waals surface area contributed by atoms with Crippen LogP contribution in [0.15, 0.2) is 30.3 Å². The zero-order chi connectivity index (χ0) is 22.9. The normalized spacial score (nSPS) is 16.6. The number of nitrogens with zero attached hydrogens (tertiary/aromatic N) is 1. The van der Waals surface area contributed by atoms with Crippen molar-refractivity contribution < 1.29 is 23.1 Å². The molecule has 0 saturated carbocycles. The molecule has 1 aromatic carbocycles. The lowest BCUT2D eigenvalue weighted by atomic mass is 9.98. The Balaban J connectivity index is 1.93. The Labute approximate surface area is 186 Å². The summed E-state index contributed by atoms with van der Waals surface area (Å²) in [6.45, 7) is 3.68. The maximum absolute atomic E-state index is 12.2. The third-order valence-corrected chi connectivity index (χ3v) is 7.84. The summed E-state index contributed by atoms with van der Waals surface area (Å²) in [7, 11) is -2.37. The molecule has 1 atom stereocenters. The summed E-state index contributed by atoms with van der Waals surface area (Å²) in [4.78, 5) is 14.2. The summed E-state index contributed by atoms with van der Waals surface area (Å²) in [5.74, 6) is 5.57. The Kier molecular flexibility index (Phi) is 9.30. The second-order valence-corrected chi connectivity index (χ2v) is 10.5. The van der Waals surface area contributed by atoms with Crippen LogP contribution in [0.5, 0.6) is 0 Å². The standard InChI is InChI=1S/C24H33NO5S/c1-24(23(27)30-2,31(3,28)29)15-18-25-16-13-22(14-17-25)21-11-9-20(10-12-21)8-6-4-5-7-19-26/h9-13,26H,4-5,7,14-19H2,1-3H3. The van der Waals surface area contributed by atoms with Crippen LogP contribution in [-0.2, 0) is 19.4 Å². The molecule has 0 spiro atoms. The summed E-state index contributed by atoms with van der Waals surface area (Å²) >= 11 is 0. The minimum Gasteiger partial charge on any atom is -0.468 e. The van der Waals surface area contributed by atoms with Crippen LogP contribution in [0.2, 0.25) is 0 Å². The third-order valence-electron chi connectivity index (χ3n) is 5.83. The molecule has 2 rings (SSSR count). The lowest BCUT2D eigenvalue weighted by Crippen LogP contribution is -2.46. The SMILES string of the molecule is COC(=O)C(C)(CCN1CC=C(c2ccc(C#CCCCCO)cc2)CC1)S(C)(=O)=O. The number of hydrogen-bond acceptors (Lipinski definition) is 6. The smallest absolute Gasteiger partial charge is 0.326 e. The maximum Gasteiger partial charge on any atom is 0.326 e. The minimum atomic E-state index is -3.58. The number of sulfone groups is 1. The molecule has 1 aliphatic heterocycles. The lowest BCUT2D eigenvalue weighted by Gasteiger charge is -2.31. The second-order valence-electron chi connectivity index (χ2n) is 8.08. The summed E-state index contributed by atoms with van der Waals surface area (Å²) in [6, 6.07) is 8.21. The zero-order valence-electron chi connectivity index (χ0n) is 18.7. The molecule has 170 valence electrons. The topological polar surface area (TPSA) is 83.9 Å². The van der Waals surface area contributed by atoms with E-state index < -0.39 is 20.6 Å². The molecule has 0 bridgehead atoms. The van der Waals surface area contributed by atoms with Crippen molar-refractivity contribution in [2.24, 2.45) is 0 Å². The van der Waals surface area contributed by atoms with Crippen LogP contribution >= 0.6 is 0 Å². The van der Waals surface area contributed by atoms with Gasteiger partial charge in [-0.25, -0.2) is 8.42 Å². The average molecular weight is 448 g/mol. The van der Waals surface area contributed by atoms with Crippen molar-refractivity contribution >= 4 is 21.4 Å². The predicted molar refractivity (Wildman–Crippen MR) is 123 cm³/mol. The van der Waals surface area contributed by atoms with Gasteiger partial charge in [-0.2, -0.15) is 0 Å². The molecule has 0 aromatic heterocycles. The van der Waals surface area contributed by atoms with E-state index in [0.717, 1.165) is 44.0 Å². The molecule has 1 aliphatic rings. The number of methoxy groups -OCH3 is 1. The van der Waals surface area contributed by atoms with Gasteiger partial charge < -0.3 is 9.84 Å². The molecular weight excluding hydrogens is 414 g/mol. The van der Waals surface area contributed by atoms with Gasteiger partial charge in [-0.05, 0) is 55.9 Å². The maximum atomic E-state index is 12.2. The monoisotopic (exact) mass is 447 g/mol. The third kappa shape index (κ3) is 6.93. The summed E-state index contributed by atoms with van der Waals surface area (Å²) in [6.07, 6.45) is 6.80. The van der Waals surface area contributed by atoms with Crippen molar-refractivity contribution in [2.75, 3.05) is 39.6 Å². The van der Waals surface area contributed by atoms with Gasteiger partial charge in [0.1, 0.15) is 0 Å². The number of esters is 1. The van der Waals surface area contributed by atoms with Crippen LogP contribution in [0.1, 0.15) is 50.2 Å². The highest BCUT2D eigenvalue weighted by atomic mass is 32.2. The molecule has 0 fully saturated rings. The Morgan fingerprint density at radius 2 is 1.97 bits per heavy atom. The highest BCUT2D eigenvalue weighted by Crippen LogP contribution is 2.26. The molecule has 7 heteroatoms. The quantitative estimate of drug-likeness (QED) is 0.356. The second kappa shape index (κ2) is 11.5. The number of aliphatic hydroxyl groups is 1. The molecule has 0 aliphatic carbocycles. The van der Waals surface area contributed by atoms with Crippen molar-refractivity contribution in [3.05, 3.63) is 41.5 Å². The number of hydrogen-bond donors (Lipinski definition) is 1. The van der Waals surface area contributed by atoms with Gasteiger partial charge in [-0.15, -0.1) is 0 Å². The van der Waals surface area contributed by atoms with E-state index in [-0.39, 0.29) is 13.0 Å². The van der Waals surface area contributed by atoms with Crippen molar-refractivity contribution in [2.45, 2.75) is 43.8 Å². The average Bonchev–Trinajstić information content (AvgIpc) is 2.76. The first-order chi connectivity index (χ1) is 14.7. The fraction of sp³-hybridized carbons (Fsp3) is 0.542. The van der Waals surface area contributed by atoms with Gasteiger partial charge in [0.2, 0.25) is 0 Å².